The highest BCUT2D eigenvalue weighted by molar-refractivity contribution is 5.76. The second-order valence-electron chi connectivity index (χ2n) is 3.75. The maximum Gasteiger partial charge on any atom is 0.221 e. The van der Waals surface area contributed by atoms with Gasteiger partial charge in [0.25, 0.3) is 0 Å². The summed E-state index contributed by atoms with van der Waals surface area (Å²) in [4.78, 5) is 13.6. The van der Waals surface area contributed by atoms with Gasteiger partial charge >= 0.3 is 0 Å². The Morgan fingerprint density at radius 2 is 2.00 bits per heavy atom. The molecule has 0 spiro atoms. The molecular weight excluding hydrogens is 178 g/mol. The van der Waals surface area contributed by atoms with Crippen molar-refractivity contribution in [1.29, 1.82) is 0 Å². The molecule has 0 aromatic carbocycles. The van der Waals surface area contributed by atoms with E-state index in [1.54, 1.807) is 0 Å². The first kappa shape index (κ1) is 11.5. The molecule has 0 saturated carbocycles. The van der Waals surface area contributed by atoms with Gasteiger partial charge in [-0.05, 0) is 33.0 Å². The van der Waals surface area contributed by atoms with E-state index < -0.39 is 0 Å². The fourth-order valence-electron chi connectivity index (χ4n) is 1.69. The highest BCUT2D eigenvalue weighted by Gasteiger charge is 2.10. The van der Waals surface area contributed by atoms with Crippen molar-refractivity contribution >= 4 is 5.91 Å². The van der Waals surface area contributed by atoms with Crippen molar-refractivity contribution < 1.29 is 4.79 Å². The lowest BCUT2D eigenvalue weighted by Crippen LogP contribution is -2.34. The summed E-state index contributed by atoms with van der Waals surface area (Å²) in [5.74, 6) is 0.151. The van der Waals surface area contributed by atoms with E-state index in [2.05, 4.69) is 15.5 Å². The number of rotatable bonds is 6. The van der Waals surface area contributed by atoms with Crippen molar-refractivity contribution in [2.75, 3.05) is 39.8 Å². The van der Waals surface area contributed by atoms with Gasteiger partial charge in [-0.15, -0.1) is 0 Å². The van der Waals surface area contributed by atoms with Gasteiger partial charge in [0.1, 0.15) is 0 Å². The van der Waals surface area contributed by atoms with Crippen LogP contribution < -0.4 is 10.6 Å². The SMILES string of the molecule is CNCCC(=O)NCCN1CCCC1. The third kappa shape index (κ3) is 4.58. The third-order valence-corrected chi connectivity index (χ3v) is 2.55. The smallest absolute Gasteiger partial charge is 0.221 e. The maximum atomic E-state index is 11.2. The fourth-order valence-corrected chi connectivity index (χ4v) is 1.69. The Hall–Kier alpha value is -0.610. The highest BCUT2D eigenvalue weighted by atomic mass is 16.1. The number of hydrogen-bond acceptors (Lipinski definition) is 3. The molecule has 0 aliphatic carbocycles. The molecule has 0 aromatic heterocycles. The number of carbonyl (C=O) groups excluding carboxylic acids is 1. The van der Waals surface area contributed by atoms with E-state index in [0.717, 1.165) is 19.6 Å². The summed E-state index contributed by atoms with van der Waals surface area (Å²) in [6, 6.07) is 0. The van der Waals surface area contributed by atoms with Crippen molar-refractivity contribution in [3.8, 4) is 0 Å². The van der Waals surface area contributed by atoms with Gasteiger partial charge in [0, 0.05) is 26.1 Å². The molecule has 0 aromatic rings. The van der Waals surface area contributed by atoms with Gasteiger partial charge in [0.05, 0.1) is 0 Å². The molecule has 1 amide bonds. The normalized spacial score (nSPS) is 17.2. The average molecular weight is 199 g/mol. The minimum atomic E-state index is 0.151. The first-order chi connectivity index (χ1) is 6.83. The highest BCUT2D eigenvalue weighted by Crippen LogP contribution is 2.05. The molecule has 0 unspecified atom stereocenters. The zero-order valence-electron chi connectivity index (χ0n) is 9.01. The number of amides is 1. The average Bonchev–Trinajstić information content (AvgIpc) is 2.67. The van der Waals surface area contributed by atoms with Crippen molar-refractivity contribution in [2.24, 2.45) is 0 Å². The van der Waals surface area contributed by atoms with Crippen LogP contribution in [0.3, 0.4) is 0 Å². The molecule has 1 aliphatic heterocycles. The first-order valence-electron chi connectivity index (χ1n) is 5.46. The number of likely N-dealkylation sites (tertiary alicyclic amines) is 1. The summed E-state index contributed by atoms with van der Waals surface area (Å²) >= 11 is 0. The van der Waals surface area contributed by atoms with Gasteiger partial charge in [0.15, 0.2) is 0 Å². The minimum Gasteiger partial charge on any atom is -0.355 e. The molecule has 1 rings (SSSR count). The zero-order valence-corrected chi connectivity index (χ0v) is 9.01. The fraction of sp³-hybridized carbons (Fsp3) is 0.900. The predicted molar refractivity (Wildman–Crippen MR) is 57.2 cm³/mol. The van der Waals surface area contributed by atoms with Crippen LogP contribution in [0.5, 0.6) is 0 Å². The van der Waals surface area contributed by atoms with E-state index in [1.165, 1.54) is 25.9 Å². The Bertz CT molecular complexity index is 167. The van der Waals surface area contributed by atoms with Gasteiger partial charge in [-0.2, -0.15) is 0 Å². The van der Waals surface area contributed by atoms with Gasteiger partial charge in [-0.25, -0.2) is 0 Å². The summed E-state index contributed by atoms with van der Waals surface area (Å²) in [5, 5.41) is 5.88. The van der Waals surface area contributed by atoms with E-state index in [9.17, 15) is 4.79 Å². The molecule has 0 bridgehead atoms. The number of hydrogen-bond donors (Lipinski definition) is 2. The lowest BCUT2D eigenvalue weighted by atomic mass is 10.4. The third-order valence-electron chi connectivity index (χ3n) is 2.55. The second kappa shape index (κ2) is 6.79. The predicted octanol–water partition coefficient (Wildman–Crippen LogP) is -0.192. The van der Waals surface area contributed by atoms with E-state index in [4.69, 9.17) is 0 Å². The summed E-state index contributed by atoms with van der Waals surface area (Å²) in [6.45, 7) is 4.96. The molecule has 2 N–H and O–H groups in total. The van der Waals surface area contributed by atoms with Crippen LogP contribution in [-0.2, 0) is 4.79 Å². The Morgan fingerprint density at radius 3 is 2.64 bits per heavy atom. The number of nitrogens with zero attached hydrogens (tertiary/aromatic N) is 1. The zero-order chi connectivity index (χ0) is 10.2. The second-order valence-corrected chi connectivity index (χ2v) is 3.75. The summed E-state index contributed by atoms with van der Waals surface area (Å²) < 4.78 is 0. The van der Waals surface area contributed by atoms with E-state index in [-0.39, 0.29) is 5.91 Å². The summed E-state index contributed by atoms with van der Waals surface area (Å²) in [6.07, 6.45) is 3.21. The van der Waals surface area contributed by atoms with Gasteiger partial charge < -0.3 is 15.5 Å². The molecule has 1 saturated heterocycles. The molecular formula is C10H21N3O. The molecule has 4 heteroatoms. The van der Waals surface area contributed by atoms with Crippen LogP contribution in [0.4, 0.5) is 0 Å². The lowest BCUT2D eigenvalue weighted by Gasteiger charge is -2.14. The van der Waals surface area contributed by atoms with Crippen LogP contribution in [0.1, 0.15) is 19.3 Å². The first-order valence-corrected chi connectivity index (χ1v) is 5.46. The molecule has 1 fully saturated rings. The Kier molecular flexibility index (Phi) is 5.56. The van der Waals surface area contributed by atoms with Crippen molar-refractivity contribution in [2.45, 2.75) is 19.3 Å². The molecule has 4 nitrogen and oxygen atoms in total. The van der Waals surface area contributed by atoms with Gasteiger partial charge in [-0.3, -0.25) is 4.79 Å². The summed E-state index contributed by atoms with van der Waals surface area (Å²) in [5.41, 5.74) is 0. The number of nitrogens with one attached hydrogen (secondary N) is 2. The molecule has 0 atom stereocenters. The van der Waals surface area contributed by atoms with Crippen LogP contribution in [0.2, 0.25) is 0 Å². The van der Waals surface area contributed by atoms with E-state index in [0.29, 0.717) is 6.42 Å². The van der Waals surface area contributed by atoms with Crippen LogP contribution in [-0.4, -0.2) is 50.6 Å². The molecule has 1 heterocycles. The summed E-state index contributed by atoms with van der Waals surface area (Å²) in [7, 11) is 1.86. The van der Waals surface area contributed by atoms with Crippen LogP contribution in [0, 0.1) is 0 Å². The van der Waals surface area contributed by atoms with Crippen LogP contribution >= 0.6 is 0 Å². The molecule has 14 heavy (non-hydrogen) atoms. The minimum absolute atomic E-state index is 0.151. The molecule has 1 aliphatic rings. The van der Waals surface area contributed by atoms with Crippen LogP contribution in [0.15, 0.2) is 0 Å². The van der Waals surface area contributed by atoms with Gasteiger partial charge in [0.2, 0.25) is 5.91 Å². The Morgan fingerprint density at radius 1 is 1.29 bits per heavy atom. The van der Waals surface area contributed by atoms with Crippen molar-refractivity contribution in [3.63, 3.8) is 0 Å². The molecule has 82 valence electrons. The monoisotopic (exact) mass is 199 g/mol. The number of carbonyl (C=O) groups is 1. The molecule has 0 radical (unpaired) electrons. The van der Waals surface area contributed by atoms with E-state index in [1.807, 2.05) is 7.05 Å². The van der Waals surface area contributed by atoms with Crippen LogP contribution in [0.25, 0.3) is 0 Å². The van der Waals surface area contributed by atoms with Gasteiger partial charge in [-0.1, -0.05) is 0 Å². The largest absolute Gasteiger partial charge is 0.355 e. The standard InChI is InChI=1S/C10H21N3O/c1-11-5-4-10(14)12-6-9-13-7-2-3-8-13/h11H,2-9H2,1H3,(H,12,14). The van der Waals surface area contributed by atoms with E-state index >= 15 is 0 Å². The maximum absolute atomic E-state index is 11.2. The Labute approximate surface area is 86.0 Å². The quantitative estimate of drug-likeness (QED) is 0.623. The van der Waals surface area contributed by atoms with Crippen molar-refractivity contribution in [1.82, 2.24) is 15.5 Å². The Balaban J connectivity index is 1.94. The van der Waals surface area contributed by atoms with Crippen molar-refractivity contribution in [3.05, 3.63) is 0 Å². The lowest BCUT2D eigenvalue weighted by molar-refractivity contribution is -0.121. The topological polar surface area (TPSA) is 44.4 Å².